The van der Waals surface area contributed by atoms with Gasteiger partial charge in [0.15, 0.2) is 0 Å². The van der Waals surface area contributed by atoms with E-state index in [0.717, 1.165) is 23.1 Å². The lowest BCUT2D eigenvalue weighted by Gasteiger charge is -2.18. The van der Waals surface area contributed by atoms with E-state index in [9.17, 15) is 9.90 Å². The van der Waals surface area contributed by atoms with Gasteiger partial charge in [-0.1, -0.05) is 78.9 Å². The number of fused-ring (bicyclic) bond motifs is 2. The number of hydrogen-bond donors (Lipinski definition) is 2. The molecule has 0 unspecified atom stereocenters. The second kappa shape index (κ2) is 10.1. The number of rotatable bonds is 6. The molecule has 5 aromatic rings. The Kier molecular flexibility index (Phi) is 6.97. The topological polar surface area (TPSA) is 49.3 Å². The molecule has 0 aliphatic heterocycles. The molecule has 0 heterocycles. The molecule has 4 heteroatoms. The van der Waals surface area contributed by atoms with E-state index in [4.69, 9.17) is 0 Å². The van der Waals surface area contributed by atoms with E-state index in [1.54, 1.807) is 12.1 Å². The number of nitrogens with one attached hydrogen (secondary N) is 1. The van der Waals surface area contributed by atoms with Gasteiger partial charge in [-0.15, -0.1) is 12.4 Å². The smallest absolute Gasteiger partial charge is 0.335 e. The minimum Gasteiger partial charge on any atom is -0.478 e. The molecule has 1 atom stereocenters. The van der Waals surface area contributed by atoms with E-state index in [0.29, 0.717) is 5.56 Å². The highest BCUT2D eigenvalue weighted by Crippen LogP contribution is 2.31. The molecule has 0 aliphatic carbocycles. The Hall–Kier alpha value is -3.66. The van der Waals surface area contributed by atoms with Gasteiger partial charge in [-0.3, -0.25) is 0 Å². The molecule has 170 valence electrons. The summed E-state index contributed by atoms with van der Waals surface area (Å²) in [6, 6.07) is 35.0. The number of hydrogen-bond acceptors (Lipinski definition) is 2. The van der Waals surface area contributed by atoms with Gasteiger partial charge in [-0.05, 0) is 75.0 Å². The quantitative estimate of drug-likeness (QED) is 0.270. The Balaban J connectivity index is 0.00000274. The Morgan fingerprint density at radius 2 is 1.44 bits per heavy atom. The van der Waals surface area contributed by atoms with Crippen molar-refractivity contribution in [2.45, 2.75) is 19.5 Å². The van der Waals surface area contributed by atoms with Crippen molar-refractivity contribution < 1.29 is 9.90 Å². The third kappa shape index (κ3) is 4.67. The van der Waals surface area contributed by atoms with Crippen molar-refractivity contribution in [3.05, 3.63) is 120 Å². The van der Waals surface area contributed by atoms with Gasteiger partial charge in [-0.25, -0.2) is 4.79 Å². The van der Waals surface area contributed by atoms with Crippen LogP contribution in [0.2, 0.25) is 0 Å². The summed E-state index contributed by atoms with van der Waals surface area (Å²) in [6.07, 6.45) is 0. The fourth-order valence-electron chi connectivity index (χ4n) is 4.51. The maximum atomic E-state index is 11.3. The molecular weight excluding hydrogens is 442 g/mol. The summed E-state index contributed by atoms with van der Waals surface area (Å²) >= 11 is 0. The summed E-state index contributed by atoms with van der Waals surface area (Å²) in [5, 5.41) is 17.8. The zero-order chi connectivity index (χ0) is 22.8. The van der Waals surface area contributed by atoms with Crippen LogP contribution in [0, 0.1) is 0 Å². The van der Waals surface area contributed by atoms with Crippen LogP contribution in [0.5, 0.6) is 0 Å². The lowest BCUT2D eigenvalue weighted by atomic mass is 9.94. The van der Waals surface area contributed by atoms with Gasteiger partial charge in [0.25, 0.3) is 0 Å². The maximum absolute atomic E-state index is 11.3. The normalized spacial score (nSPS) is 11.8. The predicted molar refractivity (Wildman–Crippen MR) is 143 cm³/mol. The minimum atomic E-state index is -0.910. The van der Waals surface area contributed by atoms with Crippen LogP contribution in [0.1, 0.15) is 34.5 Å². The highest BCUT2D eigenvalue weighted by Gasteiger charge is 2.11. The molecule has 0 fully saturated rings. The van der Waals surface area contributed by atoms with Gasteiger partial charge >= 0.3 is 5.97 Å². The summed E-state index contributed by atoms with van der Waals surface area (Å²) in [7, 11) is 0. The van der Waals surface area contributed by atoms with Gasteiger partial charge in [0.1, 0.15) is 0 Å². The van der Waals surface area contributed by atoms with Gasteiger partial charge in [0.05, 0.1) is 5.56 Å². The minimum absolute atomic E-state index is 0. The van der Waals surface area contributed by atoms with E-state index < -0.39 is 5.97 Å². The van der Waals surface area contributed by atoms with Crippen LogP contribution < -0.4 is 5.32 Å². The van der Waals surface area contributed by atoms with Crippen LogP contribution in [0.4, 0.5) is 0 Å². The molecule has 0 aromatic heterocycles. The zero-order valence-corrected chi connectivity index (χ0v) is 19.7. The third-order valence-electron chi connectivity index (χ3n) is 6.27. The Labute approximate surface area is 205 Å². The van der Waals surface area contributed by atoms with E-state index in [2.05, 4.69) is 85.0 Å². The summed E-state index contributed by atoms with van der Waals surface area (Å²) in [4.78, 5) is 11.3. The average molecular weight is 468 g/mol. The van der Waals surface area contributed by atoms with Crippen LogP contribution in [0.3, 0.4) is 0 Å². The van der Waals surface area contributed by atoms with Crippen molar-refractivity contribution >= 4 is 39.9 Å². The van der Waals surface area contributed by atoms with Crippen molar-refractivity contribution in [3.8, 4) is 11.1 Å². The van der Waals surface area contributed by atoms with Crippen molar-refractivity contribution in [2.75, 3.05) is 0 Å². The monoisotopic (exact) mass is 467 g/mol. The average Bonchev–Trinajstić information content (AvgIpc) is 2.86. The van der Waals surface area contributed by atoms with Crippen LogP contribution in [-0.4, -0.2) is 11.1 Å². The first-order chi connectivity index (χ1) is 16.1. The fraction of sp³-hybridized carbons (Fsp3) is 0.100. The third-order valence-corrected chi connectivity index (χ3v) is 6.27. The molecular formula is C30H26ClNO2. The first-order valence-corrected chi connectivity index (χ1v) is 11.2. The van der Waals surface area contributed by atoms with Crippen LogP contribution in [0.15, 0.2) is 103 Å². The Morgan fingerprint density at radius 1 is 0.794 bits per heavy atom. The number of carboxylic acid groups (broad SMARTS) is 1. The van der Waals surface area contributed by atoms with Crippen LogP contribution >= 0.6 is 12.4 Å². The molecule has 0 saturated carbocycles. The second-order valence-electron chi connectivity index (χ2n) is 8.42. The van der Waals surface area contributed by atoms with Gasteiger partial charge in [0.2, 0.25) is 0 Å². The van der Waals surface area contributed by atoms with Crippen LogP contribution in [0.25, 0.3) is 32.7 Å². The first kappa shape index (κ1) is 23.5. The fourth-order valence-corrected chi connectivity index (χ4v) is 4.51. The summed E-state index contributed by atoms with van der Waals surface area (Å²) in [5.74, 6) is -0.910. The number of aromatic carboxylic acids is 1. The lowest BCUT2D eigenvalue weighted by Crippen LogP contribution is -2.18. The molecule has 3 nitrogen and oxygen atoms in total. The van der Waals surface area contributed by atoms with E-state index in [1.807, 2.05) is 18.2 Å². The zero-order valence-electron chi connectivity index (χ0n) is 18.9. The number of halogens is 1. The molecule has 0 aliphatic rings. The largest absolute Gasteiger partial charge is 0.478 e. The van der Waals surface area contributed by atoms with Crippen molar-refractivity contribution in [1.29, 1.82) is 0 Å². The molecule has 0 spiro atoms. The number of benzene rings is 5. The standard InChI is InChI=1S/C30H25NO2.ClH/c1-20(26-12-6-9-22-7-2-4-10-27(22)26)31-19-21-17-25-8-3-5-11-28(25)29(18-21)23-13-15-24(16-14-23)30(32)33;/h2-18,20,31H,19H2,1H3,(H,32,33);1H/t20-;/m1./s1. The molecule has 0 saturated heterocycles. The van der Waals surface area contributed by atoms with E-state index in [1.165, 1.54) is 27.3 Å². The van der Waals surface area contributed by atoms with Crippen molar-refractivity contribution in [2.24, 2.45) is 0 Å². The second-order valence-corrected chi connectivity index (χ2v) is 8.42. The number of carboxylic acids is 1. The van der Waals surface area contributed by atoms with Crippen molar-refractivity contribution in [1.82, 2.24) is 5.32 Å². The van der Waals surface area contributed by atoms with Crippen LogP contribution in [-0.2, 0) is 6.54 Å². The molecule has 0 amide bonds. The van der Waals surface area contributed by atoms with E-state index in [-0.39, 0.29) is 18.4 Å². The first-order valence-electron chi connectivity index (χ1n) is 11.2. The van der Waals surface area contributed by atoms with Gasteiger partial charge < -0.3 is 10.4 Å². The lowest BCUT2D eigenvalue weighted by molar-refractivity contribution is 0.0697. The van der Waals surface area contributed by atoms with Crippen molar-refractivity contribution in [3.63, 3.8) is 0 Å². The number of carbonyl (C=O) groups is 1. The predicted octanol–water partition coefficient (Wildman–Crippen LogP) is 7.63. The Morgan fingerprint density at radius 3 is 2.18 bits per heavy atom. The van der Waals surface area contributed by atoms with E-state index >= 15 is 0 Å². The molecule has 34 heavy (non-hydrogen) atoms. The highest BCUT2D eigenvalue weighted by molar-refractivity contribution is 5.98. The highest BCUT2D eigenvalue weighted by atomic mass is 35.5. The SMILES string of the molecule is C[C@@H](NCc1cc(-c2ccc(C(=O)O)cc2)c2ccccc2c1)c1cccc2ccccc12.Cl. The molecule has 5 rings (SSSR count). The molecule has 0 radical (unpaired) electrons. The Bertz CT molecular complexity index is 1460. The summed E-state index contributed by atoms with van der Waals surface area (Å²) in [6.45, 7) is 2.93. The van der Waals surface area contributed by atoms with Gasteiger partial charge in [-0.2, -0.15) is 0 Å². The molecule has 2 N–H and O–H groups in total. The van der Waals surface area contributed by atoms with Gasteiger partial charge in [0, 0.05) is 12.6 Å². The summed E-state index contributed by atoms with van der Waals surface area (Å²) < 4.78 is 0. The summed E-state index contributed by atoms with van der Waals surface area (Å²) in [5.41, 5.74) is 4.90. The molecule has 0 bridgehead atoms. The molecule has 5 aromatic carbocycles. The maximum Gasteiger partial charge on any atom is 0.335 e.